The SMILES string of the molecule is CCC1CCCCC1NC(=O)c1cccc(Br)c1F. The number of halogens is 2. The minimum Gasteiger partial charge on any atom is -0.349 e. The summed E-state index contributed by atoms with van der Waals surface area (Å²) in [6.07, 6.45) is 5.59. The molecular weight excluding hydrogens is 309 g/mol. The second-order valence-corrected chi connectivity index (χ2v) is 5.99. The zero-order valence-electron chi connectivity index (χ0n) is 11.1. The molecule has 2 atom stereocenters. The Hall–Kier alpha value is -0.900. The number of carbonyl (C=O) groups is 1. The van der Waals surface area contributed by atoms with Crippen LogP contribution in [0.25, 0.3) is 0 Å². The third kappa shape index (κ3) is 3.35. The molecule has 1 aromatic rings. The fourth-order valence-electron chi connectivity index (χ4n) is 2.81. The van der Waals surface area contributed by atoms with Crippen molar-refractivity contribution in [1.82, 2.24) is 5.32 Å². The van der Waals surface area contributed by atoms with Gasteiger partial charge in [-0.05, 0) is 46.8 Å². The van der Waals surface area contributed by atoms with Crippen molar-refractivity contribution < 1.29 is 9.18 Å². The topological polar surface area (TPSA) is 29.1 Å². The molecule has 0 aromatic heterocycles. The molecule has 2 unspecified atom stereocenters. The summed E-state index contributed by atoms with van der Waals surface area (Å²) in [6.45, 7) is 2.15. The van der Waals surface area contributed by atoms with Gasteiger partial charge in [0.15, 0.2) is 0 Å². The van der Waals surface area contributed by atoms with Crippen molar-refractivity contribution in [2.75, 3.05) is 0 Å². The molecule has 2 nitrogen and oxygen atoms in total. The summed E-state index contributed by atoms with van der Waals surface area (Å²) in [5.74, 6) is -0.263. The van der Waals surface area contributed by atoms with E-state index >= 15 is 0 Å². The van der Waals surface area contributed by atoms with Crippen molar-refractivity contribution in [3.8, 4) is 0 Å². The number of nitrogens with one attached hydrogen (secondary N) is 1. The summed E-state index contributed by atoms with van der Waals surface area (Å²) in [6, 6.07) is 4.99. The highest BCUT2D eigenvalue weighted by Crippen LogP contribution is 2.27. The Bertz CT molecular complexity index is 463. The maximum absolute atomic E-state index is 13.9. The van der Waals surface area contributed by atoms with Crippen LogP contribution in [-0.2, 0) is 0 Å². The van der Waals surface area contributed by atoms with E-state index in [1.165, 1.54) is 12.5 Å². The van der Waals surface area contributed by atoms with E-state index in [0.717, 1.165) is 25.7 Å². The van der Waals surface area contributed by atoms with Crippen LogP contribution < -0.4 is 5.32 Å². The molecule has 0 bridgehead atoms. The number of rotatable bonds is 3. The Morgan fingerprint density at radius 3 is 2.89 bits per heavy atom. The van der Waals surface area contributed by atoms with E-state index in [9.17, 15) is 9.18 Å². The van der Waals surface area contributed by atoms with E-state index < -0.39 is 5.82 Å². The first-order valence-electron chi connectivity index (χ1n) is 6.88. The Morgan fingerprint density at radius 2 is 2.16 bits per heavy atom. The number of amides is 1. The molecule has 0 saturated heterocycles. The number of carbonyl (C=O) groups excluding carboxylic acids is 1. The quantitative estimate of drug-likeness (QED) is 0.881. The maximum Gasteiger partial charge on any atom is 0.254 e. The molecule has 1 fully saturated rings. The van der Waals surface area contributed by atoms with Gasteiger partial charge < -0.3 is 5.32 Å². The molecule has 1 saturated carbocycles. The number of hydrogen-bond acceptors (Lipinski definition) is 1. The summed E-state index contributed by atoms with van der Waals surface area (Å²) >= 11 is 3.11. The maximum atomic E-state index is 13.9. The molecule has 0 heterocycles. The lowest BCUT2D eigenvalue weighted by Gasteiger charge is -2.31. The van der Waals surface area contributed by atoms with Gasteiger partial charge in [0.05, 0.1) is 10.0 Å². The molecular formula is C15H19BrFNO. The normalized spacial score (nSPS) is 23.1. The first kappa shape index (κ1) is 14.5. The van der Waals surface area contributed by atoms with Crippen molar-refractivity contribution in [2.45, 2.75) is 45.1 Å². The van der Waals surface area contributed by atoms with Crippen molar-refractivity contribution in [3.63, 3.8) is 0 Å². The van der Waals surface area contributed by atoms with Crippen molar-refractivity contribution in [2.24, 2.45) is 5.92 Å². The van der Waals surface area contributed by atoms with E-state index in [0.29, 0.717) is 10.4 Å². The van der Waals surface area contributed by atoms with Gasteiger partial charge in [0.25, 0.3) is 5.91 Å². The van der Waals surface area contributed by atoms with Crippen LogP contribution in [0.4, 0.5) is 4.39 Å². The molecule has 1 aliphatic rings. The summed E-state index contributed by atoms with van der Waals surface area (Å²) in [7, 11) is 0. The van der Waals surface area contributed by atoms with Gasteiger partial charge in [-0.3, -0.25) is 4.79 Å². The van der Waals surface area contributed by atoms with Gasteiger partial charge in [-0.15, -0.1) is 0 Å². The lowest BCUT2D eigenvalue weighted by Crippen LogP contribution is -2.42. The van der Waals surface area contributed by atoms with Crippen LogP contribution in [-0.4, -0.2) is 11.9 Å². The van der Waals surface area contributed by atoms with Crippen LogP contribution in [0.5, 0.6) is 0 Å². The van der Waals surface area contributed by atoms with Gasteiger partial charge in [0, 0.05) is 6.04 Å². The molecule has 0 radical (unpaired) electrons. The summed E-state index contributed by atoms with van der Waals surface area (Å²) in [5.41, 5.74) is 0.120. The molecule has 0 aliphatic heterocycles. The smallest absolute Gasteiger partial charge is 0.254 e. The fourth-order valence-corrected chi connectivity index (χ4v) is 3.18. The Morgan fingerprint density at radius 1 is 1.42 bits per heavy atom. The second kappa shape index (κ2) is 6.51. The van der Waals surface area contributed by atoms with Crippen molar-refractivity contribution >= 4 is 21.8 Å². The highest BCUT2D eigenvalue weighted by atomic mass is 79.9. The van der Waals surface area contributed by atoms with Crippen LogP contribution in [0.1, 0.15) is 49.4 Å². The van der Waals surface area contributed by atoms with E-state index in [1.54, 1.807) is 12.1 Å². The molecule has 2 rings (SSSR count). The van der Waals surface area contributed by atoms with Crippen LogP contribution in [0, 0.1) is 11.7 Å². The Balaban J connectivity index is 2.09. The summed E-state index contributed by atoms with van der Waals surface area (Å²) in [5, 5.41) is 3.00. The lowest BCUT2D eigenvalue weighted by atomic mass is 9.83. The van der Waals surface area contributed by atoms with Crippen LogP contribution >= 0.6 is 15.9 Å². The average molecular weight is 328 g/mol. The van der Waals surface area contributed by atoms with E-state index in [2.05, 4.69) is 28.2 Å². The minimum absolute atomic E-state index is 0.120. The standard InChI is InChI=1S/C15H19BrFNO/c1-2-10-6-3-4-9-13(10)18-15(19)11-7-5-8-12(16)14(11)17/h5,7-8,10,13H,2-4,6,9H2,1H3,(H,18,19). The first-order chi connectivity index (χ1) is 9.13. The minimum atomic E-state index is -0.483. The van der Waals surface area contributed by atoms with Gasteiger partial charge in [0.1, 0.15) is 5.82 Å². The predicted octanol–water partition coefficient (Wildman–Crippen LogP) is 4.29. The van der Waals surface area contributed by atoms with Gasteiger partial charge in [-0.25, -0.2) is 4.39 Å². The van der Waals surface area contributed by atoms with E-state index in [1.807, 2.05) is 0 Å². The highest BCUT2D eigenvalue weighted by molar-refractivity contribution is 9.10. The largest absolute Gasteiger partial charge is 0.349 e. The number of hydrogen-bond donors (Lipinski definition) is 1. The van der Waals surface area contributed by atoms with E-state index in [4.69, 9.17) is 0 Å². The predicted molar refractivity (Wildman–Crippen MR) is 77.6 cm³/mol. The third-order valence-corrected chi connectivity index (χ3v) is 4.56. The molecule has 1 N–H and O–H groups in total. The Labute approximate surface area is 121 Å². The van der Waals surface area contributed by atoms with Crippen LogP contribution in [0.3, 0.4) is 0 Å². The molecule has 1 aliphatic carbocycles. The van der Waals surface area contributed by atoms with Crippen LogP contribution in [0.15, 0.2) is 22.7 Å². The number of benzene rings is 1. The molecule has 0 spiro atoms. The fraction of sp³-hybridized carbons (Fsp3) is 0.533. The van der Waals surface area contributed by atoms with Gasteiger partial charge in [0.2, 0.25) is 0 Å². The summed E-state index contributed by atoms with van der Waals surface area (Å²) < 4.78 is 14.2. The Kier molecular flexibility index (Phi) is 4.97. The molecule has 1 amide bonds. The van der Waals surface area contributed by atoms with Gasteiger partial charge in [-0.2, -0.15) is 0 Å². The van der Waals surface area contributed by atoms with E-state index in [-0.39, 0.29) is 17.5 Å². The molecule has 4 heteroatoms. The molecule has 19 heavy (non-hydrogen) atoms. The third-order valence-electron chi connectivity index (χ3n) is 3.95. The monoisotopic (exact) mass is 327 g/mol. The molecule has 1 aromatic carbocycles. The highest BCUT2D eigenvalue weighted by Gasteiger charge is 2.26. The second-order valence-electron chi connectivity index (χ2n) is 5.13. The summed E-state index contributed by atoms with van der Waals surface area (Å²) in [4.78, 5) is 12.2. The van der Waals surface area contributed by atoms with Gasteiger partial charge in [-0.1, -0.05) is 32.3 Å². The van der Waals surface area contributed by atoms with Crippen LogP contribution in [0.2, 0.25) is 0 Å². The lowest BCUT2D eigenvalue weighted by molar-refractivity contribution is 0.0900. The molecule has 104 valence electrons. The average Bonchev–Trinajstić information content (AvgIpc) is 2.42. The van der Waals surface area contributed by atoms with Crippen molar-refractivity contribution in [3.05, 3.63) is 34.1 Å². The van der Waals surface area contributed by atoms with Crippen molar-refractivity contribution in [1.29, 1.82) is 0 Å². The first-order valence-corrected chi connectivity index (χ1v) is 7.67. The zero-order valence-corrected chi connectivity index (χ0v) is 12.7. The zero-order chi connectivity index (χ0) is 13.8. The van der Waals surface area contributed by atoms with Gasteiger partial charge >= 0.3 is 0 Å².